The van der Waals surface area contributed by atoms with E-state index in [1.54, 1.807) is 13.0 Å². The number of piperazine rings is 1. The Bertz CT molecular complexity index is 535. The van der Waals surface area contributed by atoms with Crippen LogP contribution in [0.3, 0.4) is 0 Å². The van der Waals surface area contributed by atoms with E-state index in [2.05, 4.69) is 10.2 Å². The summed E-state index contributed by atoms with van der Waals surface area (Å²) in [6.07, 6.45) is -0.720. The molecule has 0 aliphatic carbocycles. The smallest absolute Gasteiger partial charge is 0.317 e. The van der Waals surface area contributed by atoms with Gasteiger partial charge in [-0.3, -0.25) is 0 Å². The van der Waals surface area contributed by atoms with E-state index < -0.39 is 6.10 Å². The molecule has 6 heteroatoms. The number of carbonyl (C=O) groups excluding carboxylic acids is 1. The molecule has 1 unspecified atom stereocenters. The predicted octanol–water partition coefficient (Wildman–Crippen LogP) is 1.09. The van der Waals surface area contributed by atoms with Crippen molar-refractivity contribution in [2.24, 2.45) is 0 Å². The maximum Gasteiger partial charge on any atom is 0.317 e. The Kier molecular flexibility index (Phi) is 3.25. The Morgan fingerprint density at radius 2 is 2.25 bits per heavy atom. The fourth-order valence-corrected chi connectivity index (χ4v) is 2.97. The van der Waals surface area contributed by atoms with Crippen LogP contribution in [0, 0.1) is 5.82 Å². The monoisotopic (exact) mass is 279 g/mol. The molecular formula is C14H18FN3O2. The van der Waals surface area contributed by atoms with E-state index >= 15 is 0 Å². The third-order valence-electron chi connectivity index (χ3n) is 4.01. The number of fused-ring (bicyclic) bond motifs is 1. The summed E-state index contributed by atoms with van der Waals surface area (Å²) in [5, 5.41) is 12.6. The molecule has 0 bridgehead atoms. The van der Waals surface area contributed by atoms with E-state index in [9.17, 15) is 14.3 Å². The standard InChI is InChI=1S/C14H18FN3O2/c1-9(19)12-6-10(15)2-3-13(12)17-4-5-18-11(8-17)7-16-14(18)20/h2-3,6,9,11,19H,4-5,7-8H2,1H3,(H,16,20)/t9-,11?/m1/s1. The van der Waals surface area contributed by atoms with Gasteiger partial charge in [0, 0.05) is 37.4 Å². The van der Waals surface area contributed by atoms with Crippen molar-refractivity contribution in [3.8, 4) is 0 Å². The van der Waals surface area contributed by atoms with Gasteiger partial charge in [-0.15, -0.1) is 0 Å². The average Bonchev–Trinajstić information content (AvgIpc) is 2.80. The van der Waals surface area contributed by atoms with Gasteiger partial charge in [0.05, 0.1) is 12.1 Å². The van der Waals surface area contributed by atoms with Gasteiger partial charge in [-0.25, -0.2) is 9.18 Å². The van der Waals surface area contributed by atoms with Gasteiger partial charge in [0.15, 0.2) is 0 Å². The topological polar surface area (TPSA) is 55.8 Å². The Morgan fingerprint density at radius 1 is 1.45 bits per heavy atom. The average molecular weight is 279 g/mol. The Morgan fingerprint density at radius 3 is 3.00 bits per heavy atom. The number of anilines is 1. The minimum atomic E-state index is -0.720. The van der Waals surface area contributed by atoms with Gasteiger partial charge < -0.3 is 20.2 Å². The number of aliphatic hydroxyl groups is 1. The predicted molar refractivity (Wildman–Crippen MR) is 73.1 cm³/mol. The van der Waals surface area contributed by atoms with Crippen LogP contribution in [0.2, 0.25) is 0 Å². The van der Waals surface area contributed by atoms with E-state index in [-0.39, 0.29) is 17.9 Å². The molecule has 2 N–H and O–H groups in total. The van der Waals surface area contributed by atoms with E-state index in [4.69, 9.17) is 0 Å². The third-order valence-corrected chi connectivity index (χ3v) is 4.01. The number of rotatable bonds is 2. The third kappa shape index (κ3) is 2.20. The van der Waals surface area contributed by atoms with Crippen molar-refractivity contribution in [1.29, 1.82) is 0 Å². The number of halogens is 1. The van der Waals surface area contributed by atoms with Crippen LogP contribution in [0.15, 0.2) is 18.2 Å². The molecule has 1 aromatic carbocycles. The molecule has 0 aromatic heterocycles. The highest BCUT2D eigenvalue weighted by molar-refractivity contribution is 5.77. The van der Waals surface area contributed by atoms with Crippen LogP contribution in [-0.2, 0) is 0 Å². The molecule has 3 rings (SSSR count). The summed E-state index contributed by atoms with van der Waals surface area (Å²) in [4.78, 5) is 15.5. The lowest BCUT2D eigenvalue weighted by molar-refractivity contribution is 0.193. The zero-order valence-corrected chi connectivity index (χ0v) is 11.3. The van der Waals surface area contributed by atoms with Crippen molar-refractivity contribution in [3.05, 3.63) is 29.6 Å². The summed E-state index contributed by atoms with van der Waals surface area (Å²) < 4.78 is 13.3. The van der Waals surface area contributed by atoms with Crippen molar-refractivity contribution < 1.29 is 14.3 Å². The van der Waals surface area contributed by atoms with Gasteiger partial charge in [-0.2, -0.15) is 0 Å². The number of hydrogen-bond donors (Lipinski definition) is 2. The second-order valence-corrected chi connectivity index (χ2v) is 5.36. The maximum absolute atomic E-state index is 13.3. The van der Waals surface area contributed by atoms with Crippen molar-refractivity contribution in [3.63, 3.8) is 0 Å². The van der Waals surface area contributed by atoms with Crippen molar-refractivity contribution in [1.82, 2.24) is 10.2 Å². The molecule has 2 heterocycles. The lowest BCUT2D eigenvalue weighted by Gasteiger charge is -2.38. The minimum Gasteiger partial charge on any atom is -0.389 e. The zero-order chi connectivity index (χ0) is 14.3. The van der Waals surface area contributed by atoms with Gasteiger partial charge >= 0.3 is 6.03 Å². The fourth-order valence-electron chi connectivity index (χ4n) is 2.97. The number of urea groups is 1. The molecule has 2 atom stereocenters. The Labute approximate surface area is 117 Å². The van der Waals surface area contributed by atoms with Gasteiger partial charge in [-0.05, 0) is 25.1 Å². The van der Waals surface area contributed by atoms with Crippen molar-refractivity contribution >= 4 is 11.7 Å². The van der Waals surface area contributed by atoms with Crippen LogP contribution in [0.5, 0.6) is 0 Å². The highest BCUT2D eigenvalue weighted by atomic mass is 19.1. The van der Waals surface area contributed by atoms with Crippen molar-refractivity contribution in [2.45, 2.75) is 19.1 Å². The molecule has 2 fully saturated rings. The molecule has 0 saturated carbocycles. The molecule has 2 saturated heterocycles. The lowest BCUT2D eigenvalue weighted by Crippen LogP contribution is -2.52. The fraction of sp³-hybridized carbons (Fsp3) is 0.500. The normalized spacial score (nSPS) is 23.6. The summed E-state index contributed by atoms with van der Waals surface area (Å²) in [5.74, 6) is -0.346. The molecule has 0 radical (unpaired) electrons. The molecule has 1 aromatic rings. The molecule has 20 heavy (non-hydrogen) atoms. The summed E-state index contributed by atoms with van der Waals surface area (Å²) >= 11 is 0. The second kappa shape index (κ2) is 4.94. The van der Waals surface area contributed by atoms with Crippen LogP contribution >= 0.6 is 0 Å². The number of nitrogens with zero attached hydrogens (tertiary/aromatic N) is 2. The quantitative estimate of drug-likeness (QED) is 0.852. The van der Waals surface area contributed by atoms with Gasteiger partial charge in [-0.1, -0.05) is 0 Å². The lowest BCUT2D eigenvalue weighted by atomic mass is 10.0. The summed E-state index contributed by atoms with van der Waals surface area (Å²) in [6.45, 7) is 4.31. The molecule has 2 aliphatic rings. The zero-order valence-electron chi connectivity index (χ0n) is 11.3. The van der Waals surface area contributed by atoms with Crippen LogP contribution in [0.25, 0.3) is 0 Å². The number of benzene rings is 1. The largest absolute Gasteiger partial charge is 0.389 e. The van der Waals surface area contributed by atoms with Crippen LogP contribution in [-0.4, -0.2) is 48.3 Å². The SMILES string of the molecule is C[C@@H](O)c1cc(F)ccc1N1CCN2C(=O)NCC2C1. The first-order chi connectivity index (χ1) is 9.56. The van der Waals surface area contributed by atoms with Gasteiger partial charge in [0.1, 0.15) is 5.82 Å². The molecule has 0 spiro atoms. The summed E-state index contributed by atoms with van der Waals surface area (Å²) in [7, 11) is 0. The van der Waals surface area contributed by atoms with Gasteiger partial charge in [0.25, 0.3) is 0 Å². The number of nitrogens with one attached hydrogen (secondary N) is 1. The van der Waals surface area contributed by atoms with Gasteiger partial charge in [0.2, 0.25) is 0 Å². The first-order valence-electron chi connectivity index (χ1n) is 6.83. The molecule has 2 aliphatic heterocycles. The highest BCUT2D eigenvalue weighted by Crippen LogP contribution is 2.29. The summed E-state index contributed by atoms with van der Waals surface area (Å²) in [6, 6.07) is 4.63. The summed E-state index contributed by atoms with van der Waals surface area (Å²) in [5.41, 5.74) is 1.44. The van der Waals surface area contributed by atoms with E-state index in [1.165, 1.54) is 12.1 Å². The first kappa shape index (κ1) is 13.2. The number of amides is 2. The second-order valence-electron chi connectivity index (χ2n) is 5.36. The minimum absolute atomic E-state index is 0.00972. The molecule has 108 valence electrons. The number of carbonyl (C=O) groups is 1. The highest BCUT2D eigenvalue weighted by Gasteiger charge is 2.36. The number of aliphatic hydroxyl groups excluding tert-OH is 1. The van der Waals surface area contributed by atoms with Crippen LogP contribution < -0.4 is 10.2 Å². The maximum atomic E-state index is 13.3. The Hall–Kier alpha value is -1.82. The van der Waals surface area contributed by atoms with Crippen LogP contribution in [0.4, 0.5) is 14.9 Å². The molecular weight excluding hydrogens is 261 g/mol. The van der Waals surface area contributed by atoms with E-state index in [0.29, 0.717) is 31.7 Å². The first-order valence-corrected chi connectivity index (χ1v) is 6.83. The van der Waals surface area contributed by atoms with Crippen molar-refractivity contribution in [2.75, 3.05) is 31.1 Å². The van der Waals surface area contributed by atoms with E-state index in [0.717, 1.165) is 5.69 Å². The molecule has 5 nitrogen and oxygen atoms in total. The van der Waals surface area contributed by atoms with E-state index in [1.807, 2.05) is 4.90 Å². The number of hydrogen-bond acceptors (Lipinski definition) is 3. The molecule has 2 amide bonds. The van der Waals surface area contributed by atoms with Crippen LogP contribution in [0.1, 0.15) is 18.6 Å². The Balaban J connectivity index is 1.85.